The number of nitrogens with one attached hydrogen (secondary N) is 1. The zero-order valence-corrected chi connectivity index (χ0v) is 13.9. The Bertz CT molecular complexity index is 721. The van der Waals surface area contributed by atoms with Crippen LogP contribution in [-0.2, 0) is 4.74 Å². The smallest absolute Gasteiger partial charge is 0.337 e. The standard InChI is InChI=1S/C16H13Cl2NO4/c1-22-14-12(17)7-10(8-13(14)18)15(20)19-11-5-3-9(4-6-11)16(21)23-2/h3-8H,1-2H3,(H,19,20). The molecule has 0 heterocycles. The largest absolute Gasteiger partial charge is 0.494 e. The molecule has 0 aliphatic heterocycles. The van der Waals surface area contributed by atoms with Gasteiger partial charge in [-0.15, -0.1) is 0 Å². The highest BCUT2D eigenvalue weighted by Gasteiger charge is 2.14. The molecule has 1 N–H and O–H groups in total. The van der Waals surface area contributed by atoms with Crippen molar-refractivity contribution in [1.82, 2.24) is 0 Å². The first-order chi connectivity index (χ1) is 11.0. The first-order valence-corrected chi connectivity index (χ1v) is 7.24. The second kappa shape index (κ2) is 7.35. The third-order valence-electron chi connectivity index (χ3n) is 3.03. The zero-order valence-electron chi connectivity index (χ0n) is 12.4. The average Bonchev–Trinajstić information content (AvgIpc) is 2.54. The van der Waals surface area contributed by atoms with E-state index in [1.165, 1.54) is 26.4 Å². The molecule has 2 aromatic carbocycles. The molecule has 120 valence electrons. The highest BCUT2D eigenvalue weighted by Crippen LogP contribution is 2.34. The third-order valence-corrected chi connectivity index (χ3v) is 3.59. The molecule has 5 nitrogen and oxygen atoms in total. The van der Waals surface area contributed by atoms with Crippen LogP contribution >= 0.6 is 23.2 Å². The number of hydrogen-bond acceptors (Lipinski definition) is 4. The van der Waals surface area contributed by atoms with Gasteiger partial charge < -0.3 is 14.8 Å². The van der Waals surface area contributed by atoms with Gasteiger partial charge in [-0.05, 0) is 36.4 Å². The van der Waals surface area contributed by atoms with Crippen molar-refractivity contribution in [1.29, 1.82) is 0 Å². The lowest BCUT2D eigenvalue weighted by Crippen LogP contribution is -2.12. The molecule has 0 fully saturated rings. The van der Waals surface area contributed by atoms with Gasteiger partial charge in [0.2, 0.25) is 0 Å². The zero-order chi connectivity index (χ0) is 17.0. The number of halogens is 2. The third kappa shape index (κ3) is 3.94. The van der Waals surface area contributed by atoms with E-state index < -0.39 is 5.97 Å². The van der Waals surface area contributed by atoms with E-state index in [-0.39, 0.29) is 21.5 Å². The molecule has 0 saturated heterocycles. The lowest BCUT2D eigenvalue weighted by molar-refractivity contribution is 0.0600. The Kier molecular flexibility index (Phi) is 5.47. The highest BCUT2D eigenvalue weighted by molar-refractivity contribution is 6.37. The number of methoxy groups -OCH3 is 2. The van der Waals surface area contributed by atoms with Crippen molar-refractivity contribution in [2.75, 3.05) is 19.5 Å². The van der Waals surface area contributed by atoms with Crippen LogP contribution in [0.2, 0.25) is 10.0 Å². The van der Waals surface area contributed by atoms with Gasteiger partial charge in [0, 0.05) is 11.3 Å². The van der Waals surface area contributed by atoms with Crippen LogP contribution < -0.4 is 10.1 Å². The molecular formula is C16H13Cl2NO4. The minimum absolute atomic E-state index is 0.242. The maximum Gasteiger partial charge on any atom is 0.337 e. The van der Waals surface area contributed by atoms with Crippen molar-refractivity contribution in [3.05, 3.63) is 57.6 Å². The van der Waals surface area contributed by atoms with E-state index in [0.29, 0.717) is 17.0 Å². The lowest BCUT2D eigenvalue weighted by Gasteiger charge is -2.10. The summed E-state index contributed by atoms with van der Waals surface area (Å²) in [5.41, 5.74) is 1.20. The van der Waals surface area contributed by atoms with Gasteiger partial charge in [-0.3, -0.25) is 4.79 Å². The minimum atomic E-state index is -0.448. The van der Waals surface area contributed by atoms with E-state index in [2.05, 4.69) is 10.1 Å². The van der Waals surface area contributed by atoms with Gasteiger partial charge in [0.15, 0.2) is 5.75 Å². The van der Waals surface area contributed by atoms with Crippen molar-refractivity contribution >= 4 is 40.8 Å². The monoisotopic (exact) mass is 353 g/mol. The number of esters is 1. The second-order valence-electron chi connectivity index (χ2n) is 4.50. The summed E-state index contributed by atoms with van der Waals surface area (Å²) in [4.78, 5) is 23.6. The Labute approximate surface area is 143 Å². The van der Waals surface area contributed by atoms with Crippen LogP contribution in [0.4, 0.5) is 5.69 Å². The van der Waals surface area contributed by atoms with Gasteiger partial charge in [0.1, 0.15) is 0 Å². The normalized spacial score (nSPS) is 10.1. The number of rotatable bonds is 4. The number of carbonyl (C=O) groups excluding carboxylic acids is 2. The summed E-state index contributed by atoms with van der Waals surface area (Å²) in [5.74, 6) is -0.522. The molecule has 1 amide bonds. The number of carbonyl (C=O) groups is 2. The molecule has 7 heteroatoms. The molecule has 0 atom stereocenters. The fourth-order valence-electron chi connectivity index (χ4n) is 1.90. The fraction of sp³-hybridized carbons (Fsp3) is 0.125. The summed E-state index contributed by atoms with van der Waals surface area (Å²) < 4.78 is 9.64. The van der Waals surface area contributed by atoms with Gasteiger partial charge in [-0.2, -0.15) is 0 Å². The molecule has 23 heavy (non-hydrogen) atoms. The summed E-state index contributed by atoms with van der Waals surface area (Å²) in [6.45, 7) is 0. The molecule has 0 aromatic heterocycles. The SMILES string of the molecule is COC(=O)c1ccc(NC(=O)c2cc(Cl)c(OC)c(Cl)c2)cc1. The molecule has 0 radical (unpaired) electrons. The maximum absolute atomic E-state index is 12.2. The Hall–Kier alpha value is -2.24. The van der Waals surface area contributed by atoms with Crippen LogP contribution in [0, 0.1) is 0 Å². The average molecular weight is 354 g/mol. The number of hydrogen-bond donors (Lipinski definition) is 1. The van der Waals surface area contributed by atoms with Gasteiger partial charge in [0.05, 0.1) is 29.8 Å². The molecule has 0 aliphatic rings. The highest BCUT2D eigenvalue weighted by atomic mass is 35.5. The van der Waals surface area contributed by atoms with Crippen LogP contribution in [0.5, 0.6) is 5.75 Å². The summed E-state index contributed by atoms with van der Waals surface area (Å²) in [6.07, 6.45) is 0. The topological polar surface area (TPSA) is 64.6 Å². The van der Waals surface area contributed by atoms with Gasteiger partial charge >= 0.3 is 5.97 Å². The van der Waals surface area contributed by atoms with Crippen LogP contribution in [0.25, 0.3) is 0 Å². The van der Waals surface area contributed by atoms with E-state index in [1.54, 1.807) is 24.3 Å². The number of ether oxygens (including phenoxy) is 2. The number of benzene rings is 2. The van der Waals surface area contributed by atoms with E-state index in [9.17, 15) is 9.59 Å². The molecule has 0 unspecified atom stereocenters. The first-order valence-electron chi connectivity index (χ1n) is 6.49. The molecule has 2 rings (SSSR count). The van der Waals surface area contributed by atoms with Crippen molar-refractivity contribution < 1.29 is 19.1 Å². The summed E-state index contributed by atoms with van der Waals surface area (Å²) in [7, 11) is 2.74. The summed E-state index contributed by atoms with van der Waals surface area (Å²) in [6, 6.07) is 9.22. The Morgan fingerprint density at radius 1 is 0.957 bits per heavy atom. The van der Waals surface area contributed by atoms with E-state index in [1.807, 2.05) is 0 Å². The lowest BCUT2D eigenvalue weighted by atomic mass is 10.1. The van der Waals surface area contributed by atoms with Crippen LogP contribution in [0.1, 0.15) is 20.7 Å². The van der Waals surface area contributed by atoms with Crippen molar-refractivity contribution in [3.63, 3.8) is 0 Å². The van der Waals surface area contributed by atoms with Crippen molar-refractivity contribution in [2.45, 2.75) is 0 Å². The Balaban J connectivity index is 2.17. The van der Waals surface area contributed by atoms with Gasteiger partial charge in [-0.1, -0.05) is 23.2 Å². The summed E-state index contributed by atoms with van der Waals surface area (Å²) >= 11 is 12.0. The molecule has 0 aliphatic carbocycles. The predicted molar refractivity (Wildman–Crippen MR) is 88.7 cm³/mol. The quantitative estimate of drug-likeness (QED) is 0.842. The van der Waals surface area contributed by atoms with Gasteiger partial charge in [-0.25, -0.2) is 4.79 Å². The molecule has 0 bridgehead atoms. The minimum Gasteiger partial charge on any atom is -0.494 e. The molecule has 0 saturated carbocycles. The Morgan fingerprint density at radius 2 is 1.52 bits per heavy atom. The maximum atomic E-state index is 12.2. The van der Waals surface area contributed by atoms with E-state index in [0.717, 1.165) is 0 Å². The number of amides is 1. The van der Waals surface area contributed by atoms with Crippen molar-refractivity contribution in [2.24, 2.45) is 0 Å². The van der Waals surface area contributed by atoms with Crippen LogP contribution in [-0.4, -0.2) is 26.1 Å². The molecule has 2 aromatic rings. The fourth-order valence-corrected chi connectivity index (χ4v) is 2.54. The first kappa shape index (κ1) is 17.1. The van der Waals surface area contributed by atoms with Crippen LogP contribution in [0.3, 0.4) is 0 Å². The van der Waals surface area contributed by atoms with Gasteiger partial charge in [0.25, 0.3) is 5.91 Å². The van der Waals surface area contributed by atoms with E-state index >= 15 is 0 Å². The molecular weight excluding hydrogens is 341 g/mol. The second-order valence-corrected chi connectivity index (χ2v) is 5.31. The van der Waals surface area contributed by atoms with Crippen LogP contribution in [0.15, 0.2) is 36.4 Å². The van der Waals surface area contributed by atoms with Crippen molar-refractivity contribution in [3.8, 4) is 5.75 Å². The molecule has 0 spiro atoms. The summed E-state index contributed by atoms with van der Waals surface area (Å²) in [5, 5.41) is 3.17. The predicted octanol–water partition coefficient (Wildman–Crippen LogP) is 4.04. The van der Waals surface area contributed by atoms with E-state index in [4.69, 9.17) is 27.9 Å². The Morgan fingerprint density at radius 3 is 2.00 bits per heavy atom. The number of anilines is 1.